The molecule has 3 aromatic rings. The predicted octanol–water partition coefficient (Wildman–Crippen LogP) is 8.13. The Morgan fingerprint density at radius 3 is 2.42 bits per heavy atom. The van der Waals surface area contributed by atoms with E-state index in [0.29, 0.717) is 17.1 Å². The number of alkyl halides is 3. The molecule has 1 aromatic heterocycles. The van der Waals surface area contributed by atoms with Crippen LogP contribution in [0.25, 0.3) is 21.3 Å². The number of hydrogen-bond donors (Lipinski definition) is 2. The second-order valence-electron chi connectivity index (χ2n) is 11.4. The van der Waals surface area contributed by atoms with Gasteiger partial charge in [-0.25, -0.2) is 14.2 Å². The number of amidine groups is 1. The molecule has 2 aliphatic heterocycles. The van der Waals surface area contributed by atoms with Gasteiger partial charge in [0.1, 0.15) is 17.3 Å². The van der Waals surface area contributed by atoms with Crippen LogP contribution in [0.1, 0.15) is 45.7 Å². The molecule has 0 spiro atoms. The normalized spacial score (nSPS) is 15.5. The Morgan fingerprint density at radius 2 is 1.82 bits per heavy atom. The molecule has 15 heteroatoms. The van der Waals surface area contributed by atoms with Crippen LogP contribution in [0.15, 0.2) is 51.9 Å². The molecule has 0 aliphatic carbocycles. The lowest BCUT2D eigenvalue weighted by Gasteiger charge is -2.34. The monoisotopic (exact) mass is 662 g/mol. The van der Waals surface area contributed by atoms with Crippen molar-refractivity contribution in [1.29, 1.82) is 5.41 Å². The number of nitrogens with one attached hydrogen (secondary N) is 1. The number of aliphatic imine (C=N–C) groups is 1. The van der Waals surface area contributed by atoms with Gasteiger partial charge in [0.05, 0.1) is 33.8 Å². The highest BCUT2D eigenvalue weighted by Gasteiger charge is 2.40. The molecule has 5 rings (SSSR count). The van der Waals surface area contributed by atoms with E-state index >= 15 is 0 Å². The lowest BCUT2D eigenvalue weighted by atomic mass is 9.93. The number of allylic oxidation sites excluding steroid dienone is 2. The molecule has 0 atom stereocenters. The number of rotatable bonds is 4. The summed E-state index contributed by atoms with van der Waals surface area (Å²) in [5.41, 5.74) is 5.28. The first kappa shape index (κ1) is 32.4. The number of ether oxygens (including phenoxy) is 2. The Morgan fingerprint density at radius 1 is 1.16 bits per heavy atom. The molecule has 0 fully saturated rings. The summed E-state index contributed by atoms with van der Waals surface area (Å²) in [6.45, 7) is 8.59. The van der Waals surface area contributed by atoms with E-state index in [9.17, 15) is 22.4 Å². The number of aromatic nitrogens is 1. The van der Waals surface area contributed by atoms with E-state index in [4.69, 9.17) is 20.6 Å². The number of nitrogens with two attached hydrogens (primary N) is 1. The summed E-state index contributed by atoms with van der Waals surface area (Å²) >= 11 is 1.97. The molecule has 3 N–H and O–H groups in total. The number of nitrogens with zero attached hydrogens (tertiary/aromatic N) is 4. The van der Waals surface area contributed by atoms with Crippen molar-refractivity contribution in [3.05, 3.63) is 58.9 Å². The fourth-order valence-electron chi connectivity index (χ4n) is 5.05. The topological polar surface area (TPSA) is 117 Å². The van der Waals surface area contributed by atoms with Crippen LogP contribution in [0.3, 0.4) is 0 Å². The molecule has 9 nitrogen and oxygen atoms in total. The third kappa shape index (κ3) is 6.29. The lowest BCUT2D eigenvalue weighted by molar-refractivity contribution is -0.137. The number of fused-ring (bicyclic) bond motifs is 2. The van der Waals surface area contributed by atoms with Crippen molar-refractivity contribution in [1.82, 2.24) is 14.8 Å². The number of halogens is 4. The van der Waals surface area contributed by atoms with Crippen molar-refractivity contribution in [3.63, 3.8) is 0 Å². The second kappa shape index (κ2) is 11.8. The maximum Gasteiger partial charge on any atom is 0.419 e. The van der Waals surface area contributed by atoms with Gasteiger partial charge in [0, 0.05) is 58.2 Å². The van der Waals surface area contributed by atoms with Gasteiger partial charge in [0.25, 0.3) is 0 Å². The summed E-state index contributed by atoms with van der Waals surface area (Å²) < 4.78 is 70.2. The summed E-state index contributed by atoms with van der Waals surface area (Å²) in [5.74, 6) is -0.722. The number of carbonyl (C=O) groups excluding carboxylic acids is 1. The fraction of sp³-hybridized carbons (Fsp3) is 0.333. The van der Waals surface area contributed by atoms with Crippen LogP contribution in [0.2, 0.25) is 0 Å². The average Bonchev–Trinajstić information content (AvgIpc) is 3.32. The van der Waals surface area contributed by atoms with E-state index in [-0.39, 0.29) is 60.8 Å². The smallest absolute Gasteiger partial charge is 0.419 e. The van der Waals surface area contributed by atoms with Gasteiger partial charge in [-0.05, 0) is 52.8 Å². The Labute approximate surface area is 264 Å². The molecule has 3 heterocycles. The van der Waals surface area contributed by atoms with Gasteiger partial charge in [-0.1, -0.05) is 11.3 Å². The van der Waals surface area contributed by atoms with Crippen LogP contribution in [-0.2, 0) is 15.7 Å². The van der Waals surface area contributed by atoms with Gasteiger partial charge in [0.15, 0.2) is 5.13 Å². The second-order valence-corrected chi connectivity index (χ2v) is 13.4. The summed E-state index contributed by atoms with van der Waals surface area (Å²) in [6, 6.07) is 3.24. The van der Waals surface area contributed by atoms with E-state index in [1.807, 2.05) is 0 Å². The predicted molar refractivity (Wildman–Crippen MR) is 168 cm³/mol. The van der Waals surface area contributed by atoms with Crippen molar-refractivity contribution in [2.75, 3.05) is 25.2 Å². The molecular formula is C30H30F4N6O3S2. The van der Waals surface area contributed by atoms with Crippen LogP contribution >= 0.6 is 23.1 Å². The Kier molecular flexibility index (Phi) is 8.48. The highest BCUT2D eigenvalue weighted by molar-refractivity contribution is 8.00. The maximum absolute atomic E-state index is 14.9. The van der Waals surface area contributed by atoms with E-state index in [1.165, 1.54) is 35.4 Å². The summed E-state index contributed by atoms with van der Waals surface area (Å²) in [6.07, 6.45) is -2.57. The van der Waals surface area contributed by atoms with E-state index < -0.39 is 29.3 Å². The summed E-state index contributed by atoms with van der Waals surface area (Å²) in [4.78, 5) is 24.5. The molecule has 2 aliphatic rings. The molecular weight excluding hydrogens is 632 g/mol. The Balaban J connectivity index is 1.71. The fourth-order valence-corrected chi connectivity index (χ4v) is 6.93. The minimum atomic E-state index is -4.87. The van der Waals surface area contributed by atoms with E-state index in [2.05, 4.69) is 9.98 Å². The van der Waals surface area contributed by atoms with Crippen molar-refractivity contribution in [2.24, 2.45) is 4.99 Å². The van der Waals surface area contributed by atoms with Crippen LogP contribution < -0.4 is 5.73 Å². The zero-order valence-corrected chi connectivity index (χ0v) is 26.9. The Hall–Kier alpha value is -3.95. The largest absolute Gasteiger partial charge is 0.443 e. The van der Waals surface area contributed by atoms with Gasteiger partial charge in [-0.2, -0.15) is 13.2 Å². The van der Waals surface area contributed by atoms with Crippen molar-refractivity contribution in [2.45, 2.75) is 51.3 Å². The molecule has 238 valence electrons. The molecule has 0 radical (unpaired) electrons. The SMILES string of the molecule is COCC1=Nc2c(C(=N)N3C=C(C)N(C(=O)OC(C)(C)C)C(C)=C3)cc(C(F)(F)F)c(-c3ccc(F)c4sc(N)nc34)c2SC1. The molecule has 0 bridgehead atoms. The third-order valence-electron chi connectivity index (χ3n) is 6.75. The first-order chi connectivity index (χ1) is 21.0. The number of thioether (sulfide) groups is 1. The van der Waals surface area contributed by atoms with Crippen LogP contribution in [0, 0.1) is 11.2 Å². The maximum atomic E-state index is 14.9. The zero-order chi connectivity index (χ0) is 33.0. The lowest BCUT2D eigenvalue weighted by Crippen LogP contribution is -2.38. The molecule has 0 saturated carbocycles. The van der Waals surface area contributed by atoms with Gasteiger partial charge in [-0.15, -0.1) is 11.8 Å². The number of nitrogen functional groups attached to an aromatic ring is 1. The molecule has 2 aromatic carbocycles. The minimum Gasteiger partial charge on any atom is -0.443 e. The Bertz CT molecular complexity index is 1800. The summed E-state index contributed by atoms with van der Waals surface area (Å²) in [7, 11) is 1.48. The van der Waals surface area contributed by atoms with Gasteiger partial charge < -0.3 is 20.1 Å². The molecule has 1 amide bonds. The number of thiazole rings is 1. The van der Waals surface area contributed by atoms with Gasteiger partial charge >= 0.3 is 12.3 Å². The third-order valence-corrected chi connectivity index (χ3v) is 8.81. The van der Waals surface area contributed by atoms with Gasteiger partial charge in [0.2, 0.25) is 0 Å². The molecule has 0 saturated heterocycles. The van der Waals surface area contributed by atoms with Crippen LogP contribution in [0.4, 0.5) is 33.2 Å². The van der Waals surface area contributed by atoms with E-state index in [0.717, 1.165) is 35.2 Å². The highest BCUT2D eigenvalue weighted by Crippen LogP contribution is 2.51. The number of carbonyl (C=O) groups is 1. The highest BCUT2D eigenvalue weighted by atomic mass is 32.2. The number of anilines is 1. The standard InChI is InChI=1S/C30H30F4N6O3S2/c1-14-10-39(11-15(2)40(14)28(41)43-29(3,4)5)26(35)18-9-19(30(32,33)34)21(25-23(18)37-16(12-42-6)13-44-25)17-7-8-20(31)24-22(17)38-27(36)45-24/h7-11,35H,12-13H2,1-6H3,(H2,36,38). The van der Waals surface area contributed by atoms with Crippen LogP contribution in [-0.4, -0.2) is 57.5 Å². The quantitative estimate of drug-likeness (QED) is 0.165. The first-order valence-corrected chi connectivity index (χ1v) is 15.4. The number of hydrogen-bond acceptors (Lipinski definition) is 9. The summed E-state index contributed by atoms with van der Waals surface area (Å²) in [5, 5.41) is 9.13. The van der Waals surface area contributed by atoms with Crippen molar-refractivity contribution < 1.29 is 31.8 Å². The number of amides is 1. The first-order valence-electron chi connectivity index (χ1n) is 13.6. The van der Waals surface area contributed by atoms with Gasteiger partial charge in [-0.3, -0.25) is 15.3 Å². The van der Waals surface area contributed by atoms with Crippen molar-refractivity contribution in [3.8, 4) is 11.1 Å². The minimum absolute atomic E-state index is 0.00988. The van der Waals surface area contributed by atoms with E-state index in [1.54, 1.807) is 34.6 Å². The van der Waals surface area contributed by atoms with Crippen molar-refractivity contribution >= 4 is 61.8 Å². The van der Waals surface area contributed by atoms with Crippen LogP contribution in [0.5, 0.6) is 0 Å². The average molecular weight is 663 g/mol. The molecule has 0 unspecified atom stereocenters. The molecule has 45 heavy (non-hydrogen) atoms. The number of methoxy groups -OCH3 is 1. The zero-order valence-electron chi connectivity index (χ0n) is 25.2. The number of benzene rings is 2.